The predicted molar refractivity (Wildman–Crippen MR) is 159 cm³/mol. The average Bonchev–Trinajstić information content (AvgIpc) is 2.89. The van der Waals surface area contributed by atoms with Crippen LogP contribution in [0, 0.1) is 0 Å². The van der Waals surface area contributed by atoms with Crippen molar-refractivity contribution >= 4 is 0 Å². The summed E-state index contributed by atoms with van der Waals surface area (Å²) in [6.45, 7) is 6.73. The Morgan fingerprint density at radius 3 is 1.06 bits per heavy atom. The van der Waals surface area contributed by atoms with Gasteiger partial charge in [-0.3, -0.25) is 0 Å². The van der Waals surface area contributed by atoms with Gasteiger partial charge < -0.3 is 14.6 Å². The van der Waals surface area contributed by atoms with Crippen molar-refractivity contribution in [2.45, 2.75) is 187 Å². The van der Waals surface area contributed by atoms with Crippen LogP contribution in [0.1, 0.15) is 181 Å². The van der Waals surface area contributed by atoms with Crippen molar-refractivity contribution in [3.05, 3.63) is 0 Å². The summed E-state index contributed by atoms with van der Waals surface area (Å²) in [5.41, 5.74) is 0. The molecule has 0 radical (unpaired) electrons. The van der Waals surface area contributed by atoms with Gasteiger partial charge in [0.15, 0.2) is 0 Å². The highest BCUT2D eigenvalue weighted by Gasteiger charge is 2.07. The molecule has 1 atom stereocenters. The summed E-state index contributed by atoms with van der Waals surface area (Å²) in [6.07, 6.45) is 35.5. The molecule has 0 saturated heterocycles. The lowest BCUT2D eigenvalue weighted by Gasteiger charge is -2.15. The van der Waals surface area contributed by atoms with Crippen molar-refractivity contribution in [2.75, 3.05) is 26.4 Å². The second-order valence-electron chi connectivity index (χ2n) is 11.2. The molecule has 0 spiro atoms. The maximum Gasteiger partial charge on any atom is 0.104 e. The Balaban J connectivity index is 3.25. The zero-order valence-corrected chi connectivity index (χ0v) is 25.1. The van der Waals surface area contributed by atoms with Crippen LogP contribution in [-0.4, -0.2) is 37.6 Å². The molecule has 1 N–H and O–H groups in total. The fourth-order valence-corrected chi connectivity index (χ4v) is 4.96. The van der Waals surface area contributed by atoms with E-state index in [1.807, 2.05) is 0 Å². The van der Waals surface area contributed by atoms with E-state index in [9.17, 15) is 5.11 Å². The fraction of sp³-hybridized carbons (Fsp3) is 1.00. The highest BCUT2D eigenvalue weighted by molar-refractivity contribution is 4.55. The van der Waals surface area contributed by atoms with Crippen LogP contribution in [-0.2, 0) is 9.47 Å². The standard InChI is InChI=1S/C33H68O3/c1-3-5-7-9-11-13-15-17-19-21-23-25-27-29-35-32-33(31-34)36-30-28-26-24-22-20-18-16-14-12-10-8-6-4-2/h33-34H,3-32H2,1-2H3/t33-/m0/s1. The van der Waals surface area contributed by atoms with Crippen molar-refractivity contribution in [3.63, 3.8) is 0 Å². The monoisotopic (exact) mass is 513 g/mol. The topological polar surface area (TPSA) is 38.7 Å². The molecule has 0 aromatic rings. The second kappa shape index (κ2) is 32.9. The molecule has 3 nitrogen and oxygen atoms in total. The first-order chi connectivity index (χ1) is 17.8. The molecule has 0 aliphatic heterocycles. The van der Waals surface area contributed by atoms with Crippen LogP contribution < -0.4 is 0 Å². The van der Waals surface area contributed by atoms with E-state index in [2.05, 4.69) is 13.8 Å². The smallest absolute Gasteiger partial charge is 0.104 e. The Hall–Kier alpha value is -0.120. The van der Waals surface area contributed by atoms with Crippen molar-refractivity contribution in [2.24, 2.45) is 0 Å². The summed E-state index contributed by atoms with van der Waals surface area (Å²) < 4.78 is 11.6. The van der Waals surface area contributed by atoms with Gasteiger partial charge in [0.1, 0.15) is 6.10 Å². The van der Waals surface area contributed by atoms with E-state index in [1.54, 1.807) is 0 Å². The van der Waals surface area contributed by atoms with Crippen LogP contribution in [0.4, 0.5) is 0 Å². The molecule has 218 valence electrons. The van der Waals surface area contributed by atoms with E-state index in [0.29, 0.717) is 6.61 Å². The Morgan fingerprint density at radius 2 is 0.722 bits per heavy atom. The van der Waals surface area contributed by atoms with Gasteiger partial charge in [0.05, 0.1) is 13.2 Å². The fourth-order valence-electron chi connectivity index (χ4n) is 4.96. The minimum absolute atomic E-state index is 0.0665. The molecular formula is C33H68O3. The van der Waals surface area contributed by atoms with E-state index in [0.717, 1.165) is 26.1 Å². The van der Waals surface area contributed by atoms with Crippen LogP contribution in [0.5, 0.6) is 0 Å². The molecular weight excluding hydrogens is 444 g/mol. The molecule has 0 aromatic carbocycles. The number of hydrogen-bond donors (Lipinski definition) is 1. The van der Waals surface area contributed by atoms with Crippen LogP contribution in [0.2, 0.25) is 0 Å². The van der Waals surface area contributed by atoms with Crippen molar-refractivity contribution < 1.29 is 14.6 Å². The third-order valence-corrected chi connectivity index (χ3v) is 7.50. The number of unbranched alkanes of at least 4 members (excludes halogenated alkanes) is 24. The van der Waals surface area contributed by atoms with Gasteiger partial charge >= 0.3 is 0 Å². The van der Waals surface area contributed by atoms with E-state index >= 15 is 0 Å². The van der Waals surface area contributed by atoms with Crippen molar-refractivity contribution in [1.82, 2.24) is 0 Å². The van der Waals surface area contributed by atoms with Crippen LogP contribution in [0.15, 0.2) is 0 Å². The molecule has 0 aliphatic carbocycles. The van der Waals surface area contributed by atoms with Gasteiger partial charge in [0.25, 0.3) is 0 Å². The van der Waals surface area contributed by atoms with E-state index in [4.69, 9.17) is 9.47 Å². The van der Waals surface area contributed by atoms with E-state index in [1.165, 1.54) is 154 Å². The molecule has 0 aromatic heterocycles. The lowest BCUT2D eigenvalue weighted by Crippen LogP contribution is -2.24. The SMILES string of the molecule is CCCCCCCCCCCCCCCOC[C@H](CO)OCCCCCCCCCCCCCCC. The summed E-state index contributed by atoms with van der Waals surface area (Å²) in [4.78, 5) is 0. The lowest BCUT2D eigenvalue weighted by molar-refractivity contribution is -0.0437. The summed E-state index contributed by atoms with van der Waals surface area (Å²) in [7, 11) is 0. The first-order valence-electron chi connectivity index (χ1n) is 16.6. The molecule has 0 heterocycles. The summed E-state index contributed by atoms with van der Waals surface area (Å²) in [6, 6.07) is 0. The number of aliphatic hydroxyl groups is 1. The van der Waals surface area contributed by atoms with Crippen LogP contribution in [0.25, 0.3) is 0 Å². The molecule has 0 amide bonds. The molecule has 36 heavy (non-hydrogen) atoms. The summed E-state index contributed by atoms with van der Waals surface area (Å²) in [5, 5.41) is 9.54. The minimum atomic E-state index is -0.149. The molecule has 0 fully saturated rings. The Bertz CT molecular complexity index is 374. The molecule has 0 aliphatic rings. The zero-order valence-electron chi connectivity index (χ0n) is 25.1. The van der Waals surface area contributed by atoms with Crippen molar-refractivity contribution in [1.29, 1.82) is 0 Å². The summed E-state index contributed by atoms with van der Waals surface area (Å²) in [5.74, 6) is 0. The number of ether oxygens (including phenoxy) is 2. The first kappa shape index (κ1) is 35.9. The molecule has 0 saturated carbocycles. The van der Waals surface area contributed by atoms with Crippen molar-refractivity contribution in [3.8, 4) is 0 Å². The minimum Gasteiger partial charge on any atom is -0.394 e. The molecule has 3 heteroatoms. The first-order valence-corrected chi connectivity index (χ1v) is 16.6. The van der Waals surface area contributed by atoms with E-state index < -0.39 is 0 Å². The maximum absolute atomic E-state index is 9.54. The quantitative estimate of drug-likeness (QED) is 0.0911. The zero-order chi connectivity index (χ0) is 26.2. The normalized spacial score (nSPS) is 12.4. The maximum atomic E-state index is 9.54. The number of hydrogen-bond acceptors (Lipinski definition) is 3. The molecule has 0 unspecified atom stereocenters. The Kier molecular flexibility index (Phi) is 32.8. The lowest BCUT2D eigenvalue weighted by atomic mass is 10.0. The third-order valence-electron chi connectivity index (χ3n) is 7.50. The van der Waals surface area contributed by atoms with E-state index in [-0.39, 0.29) is 12.7 Å². The molecule has 0 rings (SSSR count). The summed E-state index contributed by atoms with van der Waals surface area (Å²) >= 11 is 0. The Morgan fingerprint density at radius 1 is 0.417 bits per heavy atom. The van der Waals surface area contributed by atoms with Gasteiger partial charge in [-0.05, 0) is 12.8 Å². The van der Waals surface area contributed by atoms with Gasteiger partial charge in [-0.2, -0.15) is 0 Å². The Labute approximate surface area is 227 Å². The van der Waals surface area contributed by atoms with Gasteiger partial charge in [-0.15, -0.1) is 0 Å². The number of rotatable bonds is 32. The second-order valence-corrected chi connectivity index (χ2v) is 11.2. The van der Waals surface area contributed by atoms with Gasteiger partial charge in [0.2, 0.25) is 0 Å². The average molecular weight is 513 g/mol. The number of aliphatic hydroxyl groups excluding tert-OH is 1. The van der Waals surface area contributed by atoms with Gasteiger partial charge in [-0.25, -0.2) is 0 Å². The highest BCUT2D eigenvalue weighted by atomic mass is 16.5. The largest absolute Gasteiger partial charge is 0.394 e. The van der Waals surface area contributed by atoms with Crippen LogP contribution in [0.3, 0.4) is 0 Å². The highest BCUT2D eigenvalue weighted by Crippen LogP contribution is 2.14. The predicted octanol–water partition coefficient (Wildman–Crippen LogP) is 10.6. The van der Waals surface area contributed by atoms with Gasteiger partial charge in [-0.1, -0.05) is 168 Å². The van der Waals surface area contributed by atoms with Crippen LogP contribution >= 0.6 is 0 Å². The molecule has 0 bridgehead atoms. The third kappa shape index (κ3) is 30.1. The van der Waals surface area contributed by atoms with Gasteiger partial charge in [0, 0.05) is 13.2 Å².